The fourth-order valence-corrected chi connectivity index (χ4v) is 4.18. The van der Waals surface area contributed by atoms with Gasteiger partial charge in [0.2, 0.25) is 0 Å². The molecule has 5 nitrogen and oxygen atoms in total. The first-order valence-corrected chi connectivity index (χ1v) is 10.9. The van der Waals surface area contributed by atoms with E-state index < -0.39 is 0 Å². The van der Waals surface area contributed by atoms with Crippen molar-refractivity contribution in [2.45, 2.75) is 30.3 Å². The Morgan fingerprint density at radius 3 is 2.66 bits per heavy atom. The largest absolute Gasteiger partial charge is 0.494 e. The molecule has 1 saturated heterocycles. The predicted octanol–water partition coefficient (Wildman–Crippen LogP) is 3.89. The molecule has 2 aromatic carbocycles. The van der Waals surface area contributed by atoms with Crippen LogP contribution in [0.5, 0.6) is 5.75 Å². The fourth-order valence-electron chi connectivity index (χ4n) is 3.39. The quantitative estimate of drug-likeness (QED) is 0.505. The van der Waals surface area contributed by atoms with Crippen LogP contribution in [0.4, 0.5) is 9.18 Å². The number of carbonyl (C=O) groups is 1. The molecule has 1 aliphatic heterocycles. The van der Waals surface area contributed by atoms with E-state index in [2.05, 4.69) is 27.7 Å². The van der Waals surface area contributed by atoms with Crippen molar-refractivity contribution < 1.29 is 13.9 Å². The van der Waals surface area contributed by atoms with E-state index in [9.17, 15) is 9.18 Å². The first kappa shape index (κ1) is 21.5. The molecule has 7 heteroatoms. The number of ether oxygens (including phenoxy) is 1. The zero-order valence-corrected chi connectivity index (χ0v) is 17.5. The number of halogens is 1. The molecule has 0 bridgehead atoms. The summed E-state index contributed by atoms with van der Waals surface area (Å²) in [6.07, 6.45) is 1.79. The van der Waals surface area contributed by atoms with Crippen molar-refractivity contribution in [2.75, 3.05) is 32.5 Å². The summed E-state index contributed by atoms with van der Waals surface area (Å²) in [6.45, 7) is 3.09. The van der Waals surface area contributed by atoms with Crippen molar-refractivity contribution in [3.8, 4) is 5.75 Å². The van der Waals surface area contributed by atoms with Crippen molar-refractivity contribution in [3.05, 3.63) is 59.9 Å². The molecule has 3 rings (SSSR count). The molecule has 0 unspecified atom stereocenters. The molecule has 0 aromatic heterocycles. The number of hydrogen-bond donors (Lipinski definition) is 2. The van der Waals surface area contributed by atoms with Gasteiger partial charge in [0.05, 0.1) is 7.11 Å². The highest BCUT2D eigenvalue weighted by Gasteiger charge is 2.21. The maximum Gasteiger partial charge on any atom is 0.315 e. The summed E-state index contributed by atoms with van der Waals surface area (Å²) in [7, 11) is 1.47. The summed E-state index contributed by atoms with van der Waals surface area (Å²) >= 11 is 1.73. The highest BCUT2D eigenvalue weighted by Crippen LogP contribution is 2.20. The second-order valence-corrected chi connectivity index (χ2v) is 8.25. The maximum atomic E-state index is 13.8. The summed E-state index contributed by atoms with van der Waals surface area (Å²) in [5.74, 6) is 0.780. The lowest BCUT2D eigenvalue weighted by Crippen LogP contribution is -2.48. The predicted molar refractivity (Wildman–Crippen MR) is 115 cm³/mol. The van der Waals surface area contributed by atoms with Gasteiger partial charge >= 0.3 is 6.03 Å². The summed E-state index contributed by atoms with van der Waals surface area (Å²) in [6, 6.07) is 15.3. The van der Waals surface area contributed by atoms with Gasteiger partial charge in [0.15, 0.2) is 11.6 Å². The molecule has 156 valence electrons. The molecule has 2 amide bonds. The number of benzene rings is 2. The van der Waals surface area contributed by atoms with Crippen molar-refractivity contribution >= 4 is 17.8 Å². The number of likely N-dealkylation sites (tertiary alicyclic amines) is 1. The molecule has 1 heterocycles. The lowest BCUT2D eigenvalue weighted by Gasteiger charge is -2.32. The van der Waals surface area contributed by atoms with Crippen LogP contribution >= 0.6 is 11.8 Å². The third kappa shape index (κ3) is 6.94. The van der Waals surface area contributed by atoms with Crippen LogP contribution in [0.1, 0.15) is 18.4 Å². The summed E-state index contributed by atoms with van der Waals surface area (Å²) in [5, 5.41) is 5.99. The highest BCUT2D eigenvalue weighted by atomic mass is 32.2. The van der Waals surface area contributed by atoms with E-state index in [0.29, 0.717) is 13.1 Å². The Kier molecular flexibility index (Phi) is 8.19. The summed E-state index contributed by atoms with van der Waals surface area (Å²) in [4.78, 5) is 15.6. The molecule has 2 N–H and O–H groups in total. The van der Waals surface area contributed by atoms with E-state index in [1.807, 2.05) is 24.3 Å². The number of rotatable bonds is 8. The van der Waals surface area contributed by atoms with Gasteiger partial charge in [-0.15, -0.1) is 11.8 Å². The molecule has 0 radical (unpaired) electrons. The number of thioether (sulfide) groups is 1. The van der Waals surface area contributed by atoms with Gasteiger partial charge in [0, 0.05) is 42.9 Å². The second-order valence-electron chi connectivity index (χ2n) is 7.08. The van der Waals surface area contributed by atoms with Crippen LogP contribution in [0.3, 0.4) is 0 Å². The Balaban J connectivity index is 1.32. The molecule has 2 aromatic rings. The number of urea groups is 1. The molecule has 29 heavy (non-hydrogen) atoms. The van der Waals surface area contributed by atoms with Crippen molar-refractivity contribution in [2.24, 2.45) is 0 Å². The number of carbonyl (C=O) groups excluding carboxylic acids is 1. The van der Waals surface area contributed by atoms with E-state index in [4.69, 9.17) is 4.74 Å². The minimum absolute atomic E-state index is 0.102. The Labute approximate surface area is 176 Å². The normalized spacial score (nSPS) is 15.1. The Bertz CT molecular complexity index is 783. The standard InChI is InChI=1S/C22H28FN3O2S/c1-28-21-8-7-17(15-20(21)23)16-26-12-9-18(10-13-26)25-22(27)24-11-14-29-19-5-3-2-4-6-19/h2-8,15,18H,9-14,16H2,1H3,(H2,24,25,27). The summed E-state index contributed by atoms with van der Waals surface area (Å²) in [5.41, 5.74) is 0.934. The van der Waals surface area contributed by atoms with Crippen LogP contribution in [0.15, 0.2) is 53.4 Å². The molecule has 1 fully saturated rings. The average Bonchev–Trinajstić information content (AvgIpc) is 2.74. The maximum absolute atomic E-state index is 13.8. The third-order valence-electron chi connectivity index (χ3n) is 4.94. The number of nitrogens with zero attached hydrogens (tertiary/aromatic N) is 1. The first-order chi connectivity index (χ1) is 14.1. The van der Waals surface area contributed by atoms with E-state index in [0.717, 1.165) is 37.2 Å². The Morgan fingerprint density at radius 1 is 1.21 bits per heavy atom. The Hall–Kier alpha value is -2.25. The van der Waals surface area contributed by atoms with Crippen LogP contribution in [0.25, 0.3) is 0 Å². The molecular weight excluding hydrogens is 389 g/mol. The lowest BCUT2D eigenvalue weighted by molar-refractivity contribution is 0.186. The summed E-state index contributed by atoms with van der Waals surface area (Å²) < 4.78 is 18.8. The van der Waals surface area contributed by atoms with Gasteiger partial charge in [0.25, 0.3) is 0 Å². The number of hydrogen-bond acceptors (Lipinski definition) is 4. The van der Waals surface area contributed by atoms with Crippen LogP contribution in [0, 0.1) is 5.82 Å². The van der Waals surface area contributed by atoms with Gasteiger partial charge < -0.3 is 15.4 Å². The average molecular weight is 418 g/mol. The van der Waals surface area contributed by atoms with Crippen molar-refractivity contribution in [1.82, 2.24) is 15.5 Å². The zero-order chi connectivity index (χ0) is 20.5. The molecular formula is C22H28FN3O2S. The van der Waals surface area contributed by atoms with Crippen LogP contribution in [0.2, 0.25) is 0 Å². The van der Waals surface area contributed by atoms with E-state index >= 15 is 0 Å². The monoisotopic (exact) mass is 417 g/mol. The molecule has 0 spiro atoms. The molecule has 0 saturated carbocycles. The number of piperidine rings is 1. The van der Waals surface area contributed by atoms with E-state index in [-0.39, 0.29) is 23.6 Å². The van der Waals surface area contributed by atoms with Gasteiger partial charge in [-0.05, 0) is 42.7 Å². The molecule has 0 aliphatic carbocycles. The van der Waals surface area contributed by atoms with Crippen LogP contribution < -0.4 is 15.4 Å². The Morgan fingerprint density at radius 2 is 1.97 bits per heavy atom. The topological polar surface area (TPSA) is 53.6 Å². The third-order valence-corrected chi connectivity index (χ3v) is 5.96. The van der Waals surface area contributed by atoms with Gasteiger partial charge in [-0.25, -0.2) is 9.18 Å². The van der Waals surface area contributed by atoms with Gasteiger partial charge in [-0.2, -0.15) is 0 Å². The van der Waals surface area contributed by atoms with Gasteiger partial charge in [-0.3, -0.25) is 4.90 Å². The molecule has 1 aliphatic rings. The van der Waals surface area contributed by atoms with Crippen molar-refractivity contribution in [3.63, 3.8) is 0 Å². The van der Waals surface area contributed by atoms with Gasteiger partial charge in [-0.1, -0.05) is 24.3 Å². The van der Waals surface area contributed by atoms with E-state index in [1.54, 1.807) is 17.8 Å². The lowest BCUT2D eigenvalue weighted by atomic mass is 10.0. The smallest absolute Gasteiger partial charge is 0.315 e. The highest BCUT2D eigenvalue weighted by molar-refractivity contribution is 7.99. The van der Waals surface area contributed by atoms with Gasteiger partial charge in [0.1, 0.15) is 0 Å². The second kappa shape index (κ2) is 11.1. The van der Waals surface area contributed by atoms with Crippen molar-refractivity contribution in [1.29, 1.82) is 0 Å². The fraction of sp³-hybridized carbons (Fsp3) is 0.409. The number of methoxy groups -OCH3 is 1. The minimum atomic E-state index is -0.330. The number of nitrogens with one attached hydrogen (secondary N) is 2. The minimum Gasteiger partial charge on any atom is -0.494 e. The zero-order valence-electron chi connectivity index (χ0n) is 16.7. The number of amides is 2. The van der Waals surface area contributed by atoms with Crippen LogP contribution in [-0.4, -0.2) is 49.5 Å². The SMILES string of the molecule is COc1ccc(CN2CCC(NC(=O)NCCSc3ccccc3)CC2)cc1F. The van der Waals surface area contributed by atoms with E-state index in [1.165, 1.54) is 18.1 Å². The van der Waals surface area contributed by atoms with Crippen LogP contribution in [-0.2, 0) is 6.54 Å². The first-order valence-electron chi connectivity index (χ1n) is 9.91. The molecule has 0 atom stereocenters.